The summed E-state index contributed by atoms with van der Waals surface area (Å²) in [7, 11) is 0. The predicted octanol–water partition coefficient (Wildman–Crippen LogP) is 4.30. The minimum Gasteiger partial charge on any atom is -0.340 e. The Kier molecular flexibility index (Phi) is 7.01. The van der Waals surface area contributed by atoms with Gasteiger partial charge in [0.05, 0.1) is 17.1 Å². The number of unbranched alkanes of at least 4 members (excludes halogenated alkanes) is 1. The zero-order valence-electron chi connectivity index (χ0n) is 17.8. The largest absolute Gasteiger partial charge is 0.340 e. The lowest BCUT2D eigenvalue weighted by Gasteiger charge is -2.37. The molecule has 1 saturated heterocycles. The van der Waals surface area contributed by atoms with Crippen molar-refractivity contribution in [3.63, 3.8) is 0 Å². The van der Waals surface area contributed by atoms with Crippen molar-refractivity contribution < 1.29 is 9.59 Å². The maximum absolute atomic E-state index is 13.0. The van der Waals surface area contributed by atoms with Gasteiger partial charge in [0.15, 0.2) is 5.78 Å². The Hall–Kier alpha value is -1.27. The Morgan fingerprint density at radius 1 is 1.10 bits per heavy atom. The predicted molar refractivity (Wildman–Crippen MR) is 116 cm³/mol. The molecule has 0 atom stereocenters. The summed E-state index contributed by atoms with van der Waals surface area (Å²) in [6, 6.07) is 0. The number of carbonyl (C=O) groups excluding carboxylic acids is 2. The van der Waals surface area contributed by atoms with Crippen molar-refractivity contribution in [1.29, 1.82) is 0 Å². The molecule has 0 bridgehead atoms. The van der Waals surface area contributed by atoms with Crippen molar-refractivity contribution in [2.75, 3.05) is 26.2 Å². The average Bonchev–Trinajstić information content (AvgIpc) is 3.16. The van der Waals surface area contributed by atoms with Gasteiger partial charge in [0, 0.05) is 38.5 Å². The van der Waals surface area contributed by atoms with E-state index in [0.717, 1.165) is 79.9 Å². The number of piperazine rings is 1. The van der Waals surface area contributed by atoms with Crippen molar-refractivity contribution >= 4 is 23.0 Å². The molecule has 5 nitrogen and oxygen atoms in total. The van der Waals surface area contributed by atoms with Gasteiger partial charge in [0.1, 0.15) is 5.01 Å². The van der Waals surface area contributed by atoms with Crippen LogP contribution in [0, 0.1) is 11.8 Å². The van der Waals surface area contributed by atoms with Crippen LogP contribution in [0.3, 0.4) is 0 Å². The quantitative estimate of drug-likeness (QED) is 0.692. The molecule has 2 heterocycles. The molecule has 1 aliphatic heterocycles. The van der Waals surface area contributed by atoms with Gasteiger partial charge >= 0.3 is 0 Å². The Morgan fingerprint density at radius 2 is 1.86 bits per heavy atom. The second kappa shape index (κ2) is 9.69. The van der Waals surface area contributed by atoms with E-state index in [0.29, 0.717) is 12.3 Å². The Bertz CT molecular complexity index is 716. The fourth-order valence-electron chi connectivity index (χ4n) is 5.15. The van der Waals surface area contributed by atoms with Crippen molar-refractivity contribution in [3.05, 3.63) is 15.6 Å². The first kappa shape index (κ1) is 21.0. The highest BCUT2D eigenvalue weighted by molar-refractivity contribution is 7.13. The maximum atomic E-state index is 13.0. The average molecular weight is 418 g/mol. The van der Waals surface area contributed by atoms with Gasteiger partial charge in [0.25, 0.3) is 0 Å². The third kappa shape index (κ3) is 5.08. The minimum absolute atomic E-state index is 0.260. The van der Waals surface area contributed by atoms with E-state index in [2.05, 4.69) is 16.7 Å². The first-order chi connectivity index (χ1) is 14.1. The van der Waals surface area contributed by atoms with Crippen LogP contribution in [-0.2, 0) is 17.8 Å². The minimum atomic E-state index is 0.260. The van der Waals surface area contributed by atoms with E-state index in [1.54, 1.807) is 11.3 Å². The van der Waals surface area contributed by atoms with Crippen LogP contribution < -0.4 is 0 Å². The van der Waals surface area contributed by atoms with Gasteiger partial charge in [0.2, 0.25) is 5.91 Å². The molecule has 1 amide bonds. The van der Waals surface area contributed by atoms with Gasteiger partial charge in [-0.3, -0.25) is 14.5 Å². The molecule has 0 spiro atoms. The van der Waals surface area contributed by atoms with E-state index in [1.165, 1.54) is 32.1 Å². The number of rotatable bonds is 6. The summed E-state index contributed by atoms with van der Waals surface area (Å²) < 4.78 is 0. The summed E-state index contributed by atoms with van der Waals surface area (Å²) in [5.41, 5.74) is 1.02. The molecule has 2 fully saturated rings. The van der Waals surface area contributed by atoms with Gasteiger partial charge in [-0.15, -0.1) is 11.3 Å². The third-order valence-corrected chi connectivity index (χ3v) is 8.14. The topological polar surface area (TPSA) is 53.5 Å². The third-order valence-electron chi connectivity index (χ3n) is 7.02. The highest BCUT2D eigenvalue weighted by Crippen LogP contribution is 2.33. The summed E-state index contributed by atoms with van der Waals surface area (Å²) >= 11 is 1.59. The Labute approximate surface area is 178 Å². The number of aromatic nitrogens is 1. The van der Waals surface area contributed by atoms with E-state index >= 15 is 0 Å². The number of fused-ring (bicyclic) bond motifs is 1. The van der Waals surface area contributed by atoms with E-state index < -0.39 is 0 Å². The number of carbonyl (C=O) groups is 2. The number of ketones is 1. The smallest absolute Gasteiger partial charge is 0.225 e. The maximum Gasteiger partial charge on any atom is 0.225 e. The van der Waals surface area contributed by atoms with Crippen molar-refractivity contribution in [1.82, 2.24) is 14.8 Å². The summed E-state index contributed by atoms with van der Waals surface area (Å²) in [5, 5.41) is 1.07. The number of aryl methyl sites for hydroxylation is 1. The molecule has 0 N–H and O–H groups in total. The molecule has 29 heavy (non-hydrogen) atoms. The molecule has 0 aromatic carbocycles. The SMILES string of the molecule is CCCCC1CCC(C(=O)N2CCN(Cc3nc4c(s3)C(=O)CCC4)CC2)CC1. The summed E-state index contributed by atoms with van der Waals surface area (Å²) in [4.78, 5) is 35.1. The molecule has 1 aromatic rings. The lowest BCUT2D eigenvalue weighted by atomic mass is 9.79. The van der Waals surface area contributed by atoms with Crippen LogP contribution in [-0.4, -0.2) is 52.7 Å². The Morgan fingerprint density at radius 3 is 2.55 bits per heavy atom. The van der Waals surface area contributed by atoms with Gasteiger partial charge in [-0.25, -0.2) is 4.98 Å². The second-order valence-electron chi connectivity index (χ2n) is 9.12. The molecular weight excluding hydrogens is 382 g/mol. The van der Waals surface area contributed by atoms with E-state index in [1.807, 2.05) is 0 Å². The van der Waals surface area contributed by atoms with Gasteiger partial charge in [-0.1, -0.05) is 26.2 Å². The molecule has 0 unspecified atom stereocenters. The van der Waals surface area contributed by atoms with E-state index in [9.17, 15) is 9.59 Å². The number of nitrogens with zero attached hydrogens (tertiary/aromatic N) is 3. The molecule has 6 heteroatoms. The van der Waals surface area contributed by atoms with Crippen LogP contribution in [0.1, 0.15) is 85.1 Å². The summed E-state index contributed by atoms with van der Waals surface area (Å²) in [6.07, 6.45) is 11.2. The molecule has 1 aromatic heterocycles. The van der Waals surface area contributed by atoms with E-state index in [4.69, 9.17) is 4.98 Å². The number of hydrogen-bond donors (Lipinski definition) is 0. The molecule has 1 saturated carbocycles. The molecule has 160 valence electrons. The van der Waals surface area contributed by atoms with Crippen molar-refractivity contribution in [2.45, 2.75) is 77.7 Å². The summed E-state index contributed by atoms with van der Waals surface area (Å²) in [6.45, 7) is 6.56. The summed E-state index contributed by atoms with van der Waals surface area (Å²) in [5.74, 6) is 1.78. The molecule has 2 aliphatic carbocycles. The zero-order chi connectivity index (χ0) is 20.2. The normalized spacial score (nSPS) is 25.8. The highest BCUT2D eigenvalue weighted by atomic mass is 32.1. The van der Waals surface area contributed by atoms with Crippen LogP contribution in [0.4, 0.5) is 0 Å². The van der Waals surface area contributed by atoms with Crippen LogP contribution in [0.15, 0.2) is 0 Å². The molecule has 3 aliphatic rings. The van der Waals surface area contributed by atoms with Gasteiger partial charge < -0.3 is 4.90 Å². The molecule has 0 radical (unpaired) electrons. The standard InChI is InChI=1S/C23H35N3O2S/c1-2-3-5-17-8-10-18(11-9-17)23(28)26-14-12-25(13-15-26)16-21-24-19-6-4-7-20(27)22(19)29-21/h17-18H,2-16H2,1H3. The van der Waals surface area contributed by atoms with E-state index in [-0.39, 0.29) is 11.7 Å². The van der Waals surface area contributed by atoms with Crippen LogP contribution in [0.5, 0.6) is 0 Å². The van der Waals surface area contributed by atoms with Crippen molar-refractivity contribution in [2.24, 2.45) is 11.8 Å². The van der Waals surface area contributed by atoms with Gasteiger partial charge in [-0.05, 0) is 44.4 Å². The molecule has 4 rings (SSSR count). The fourth-order valence-corrected chi connectivity index (χ4v) is 6.27. The number of hydrogen-bond acceptors (Lipinski definition) is 5. The highest BCUT2D eigenvalue weighted by Gasteiger charge is 2.31. The lowest BCUT2D eigenvalue weighted by molar-refractivity contribution is -0.138. The fraction of sp³-hybridized carbons (Fsp3) is 0.783. The number of thiazole rings is 1. The van der Waals surface area contributed by atoms with Crippen LogP contribution in [0.2, 0.25) is 0 Å². The van der Waals surface area contributed by atoms with Gasteiger partial charge in [-0.2, -0.15) is 0 Å². The van der Waals surface area contributed by atoms with Crippen LogP contribution in [0.25, 0.3) is 0 Å². The van der Waals surface area contributed by atoms with Crippen molar-refractivity contribution in [3.8, 4) is 0 Å². The number of amides is 1. The number of Topliss-reactive ketones (excluding diaryl/α,β-unsaturated/α-hetero) is 1. The lowest BCUT2D eigenvalue weighted by Crippen LogP contribution is -2.50. The first-order valence-electron chi connectivity index (χ1n) is 11.7. The zero-order valence-corrected chi connectivity index (χ0v) is 18.6. The first-order valence-corrected chi connectivity index (χ1v) is 12.5. The monoisotopic (exact) mass is 417 g/mol. The Balaban J connectivity index is 1.22. The van der Waals surface area contributed by atoms with Crippen LogP contribution >= 0.6 is 11.3 Å². The second-order valence-corrected chi connectivity index (χ2v) is 10.2. The molecular formula is C23H35N3O2S.